The quantitative estimate of drug-likeness (QED) is 0.850. The maximum absolute atomic E-state index is 5.85. The highest BCUT2D eigenvalue weighted by atomic mass is 32.2. The van der Waals surface area contributed by atoms with Gasteiger partial charge in [0.1, 0.15) is 5.75 Å². The van der Waals surface area contributed by atoms with Crippen molar-refractivity contribution >= 4 is 11.8 Å². The Morgan fingerprint density at radius 3 is 2.89 bits per heavy atom. The first-order chi connectivity index (χ1) is 8.80. The van der Waals surface area contributed by atoms with Crippen molar-refractivity contribution in [2.75, 3.05) is 33.1 Å². The lowest BCUT2D eigenvalue weighted by molar-refractivity contribution is 0.0259. The third-order valence-corrected chi connectivity index (χ3v) is 4.08. The van der Waals surface area contributed by atoms with Crippen LogP contribution in [-0.4, -0.2) is 33.1 Å². The predicted octanol–water partition coefficient (Wildman–Crippen LogP) is 2.64. The monoisotopic (exact) mass is 267 g/mol. The lowest BCUT2D eigenvalue weighted by atomic mass is 10.0. The summed E-state index contributed by atoms with van der Waals surface area (Å²) >= 11 is 1.77. The summed E-state index contributed by atoms with van der Waals surface area (Å²) in [5.74, 6) is 0.972. The maximum atomic E-state index is 5.85. The van der Waals surface area contributed by atoms with Crippen molar-refractivity contribution in [1.29, 1.82) is 0 Å². The first kappa shape index (κ1) is 13.7. The van der Waals surface area contributed by atoms with Crippen LogP contribution in [0, 0.1) is 0 Å². The van der Waals surface area contributed by atoms with Gasteiger partial charge in [-0.1, -0.05) is 6.92 Å². The third kappa shape index (κ3) is 2.82. The number of ether oxygens (including phenoxy) is 2. The molecular weight excluding hydrogens is 246 g/mol. The number of morpholine rings is 1. The molecule has 1 unspecified atom stereocenters. The Balaban J connectivity index is 2.37. The van der Waals surface area contributed by atoms with E-state index in [1.165, 1.54) is 16.0 Å². The van der Waals surface area contributed by atoms with E-state index < -0.39 is 0 Å². The summed E-state index contributed by atoms with van der Waals surface area (Å²) in [5.41, 5.74) is 2.50. The topological polar surface area (TPSA) is 30.5 Å². The molecule has 1 aromatic rings. The van der Waals surface area contributed by atoms with Gasteiger partial charge in [-0.05, 0) is 35.9 Å². The standard InChI is InChI=1S/C14H21NO2S/c1-4-10-7-14(18-3)11(8-12(10)16-2)13-9-15-5-6-17-13/h7-8,13,15H,4-6,9H2,1-3H3. The second-order valence-electron chi connectivity index (χ2n) is 4.32. The zero-order chi connectivity index (χ0) is 13.0. The van der Waals surface area contributed by atoms with E-state index in [1.807, 2.05) is 0 Å². The highest BCUT2D eigenvalue weighted by Crippen LogP contribution is 2.34. The Labute approximate surface area is 113 Å². The average molecular weight is 267 g/mol. The Morgan fingerprint density at radius 2 is 2.33 bits per heavy atom. The largest absolute Gasteiger partial charge is 0.496 e. The van der Waals surface area contributed by atoms with Gasteiger partial charge in [0.15, 0.2) is 0 Å². The van der Waals surface area contributed by atoms with Crippen LogP contribution in [0.4, 0.5) is 0 Å². The van der Waals surface area contributed by atoms with Crippen LogP contribution < -0.4 is 10.1 Å². The van der Waals surface area contributed by atoms with Crippen LogP contribution in [0.15, 0.2) is 17.0 Å². The lowest BCUT2D eigenvalue weighted by Gasteiger charge is -2.26. The van der Waals surface area contributed by atoms with Gasteiger partial charge < -0.3 is 14.8 Å². The summed E-state index contributed by atoms with van der Waals surface area (Å²) in [6.45, 7) is 4.74. The normalized spacial score (nSPS) is 19.8. The minimum absolute atomic E-state index is 0.140. The van der Waals surface area contributed by atoms with Crippen molar-refractivity contribution in [3.8, 4) is 5.75 Å². The number of aryl methyl sites for hydroxylation is 1. The number of rotatable bonds is 4. The second-order valence-corrected chi connectivity index (χ2v) is 5.17. The number of benzene rings is 1. The van der Waals surface area contributed by atoms with E-state index in [2.05, 4.69) is 30.6 Å². The predicted molar refractivity (Wildman–Crippen MR) is 75.7 cm³/mol. The number of thioether (sulfide) groups is 1. The highest BCUT2D eigenvalue weighted by Gasteiger charge is 2.20. The fourth-order valence-corrected chi connectivity index (χ4v) is 2.96. The molecule has 1 aliphatic heterocycles. The van der Waals surface area contributed by atoms with Gasteiger partial charge >= 0.3 is 0 Å². The molecule has 0 amide bonds. The minimum atomic E-state index is 0.140. The molecular formula is C14H21NO2S. The fourth-order valence-electron chi connectivity index (χ4n) is 2.28. The Kier molecular flexibility index (Phi) is 4.92. The number of hydrogen-bond donors (Lipinski definition) is 1. The number of hydrogen-bond acceptors (Lipinski definition) is 4. The van der Waals surface area contributed by atoms with E-state index in [0.29, 0.717) is 0 Å². The molecule has 18 heavy (non-hydrogen) atoms. The Bertz CT molecular complexity index is 403. The fraction of sp³-hybridized carbons (Fsp3) is 0.571. The molecule has 1 saturated heterocycles. The van der Waals surface area contributed by atoms with Gasteiger partial charge in [-0.2, -0.15) is 0 Å². The van der Waals surface area contributed by atoms with E-state index in [9.17, 15) is 0 Å². The average Bonchev–Trinajstić information content (AvgIpc) is 2.46. The van der Waals surface area contributed by atoms with Gasteiger partial charge in [0.05, 0.1) is 19.8 Å². The molecule has 1 fully saturated rings. The molecule has 2 rings (SSSR count). The van der Waals surface area contributed by atoms with Gasteiger partial charge in [0.25, 0.3) is 0 Å². The van der Waals surface area contributed by atoms with E-state index >= 15 is 0 Å². The van der Waals surface area contributed by atoms with Crippen molar-refractivity contribution in [2.45, 2.75) is 24.3 Å². The smallest absolute Gasteiger partial charge is 0.122 e. The number of nitrogens with one attached hydrogen (secondary N) is 1. The zero-order valence-electron chi connectivity index (χ0n) is 11.3. The van der Waals surface area contributed by atoms with Crippen LogP contribution in [0.2, 0.25) is 0 Å². The van der Waals surface area contributed by atoms with Crippen molar-refractivity contribution < 1.29 is 9.47 Å². The molecule has 0 aromatic heterocycles. The van der Waals surface area contributed by atoms with E-state index in [1.54, 1.807) is 18.9 Å². The molecule has 1 atom stereocenters. The first-order valence-corrected chi connectivity index (χ1v) is 7.59. The number of methoxy groups -OCH3 is 1. The molecule has 3 nitrogen and oxygen atoms in total. The van der Waals surface area contributed by atoms with E-state index in [0.717, 1.165) is 31.9 Å². The van der Waals surface area contributed by atoms with Gasteiger partial charge in [-0.3, -0.25) is 0 Å². The summed E-state index contributed by atoms with van der Waals surface area (Å²) in [7, 11) is 1.73. The molecule has 1 aromatic carbocycles. The molecule has 1 aliphatic rings. The lowest BCUT2D eigenvalue weighted by Crippen LogP contribution is -2.33. The van der Waals surface area contributed by atoms with Crippen molar-refractivity contribution in [3.63, 3.8) is 0 Å². The Hall–Kier alpha value is -0.710. The highest BCUT2D eigenvalue weighted by molar-refractivity contribution is 7.98. The molecule has 4 heteroatoms. The summed E-state index contributed by atoms with van der Waals surface area (Å²) in [4.78, 5) is 1.29. The Morgan fingerprint density at radius 1 is 1.50 bits per heavy atom. The summed E-state index contributed by atoms with van der Waals surface area (Å²) in [6, 6.07) is 4.37. The molecule has 1 N–H and O–H groups in total. The van der Waals surface area contributed by atoms with E-state index in [-0.39, 0.29) is 6.10 Å². The molecule has 0 aliphatic carbocycles. The first-order valence-electron chi connectivity index (χ1n) is 6.37. The SMILES string of the molecule is CCc1cc(SC)c(C2CNCCO2)cc1OC. The van der Waals surface area contributed by atoms with Crippen LogP contribution in [0.3, 0.4) is 0 Å². The summed E-state index contributed by atoms with van der Waals surface area (Å²) in [5, 5.41) is 3.38. The summed E-state index contributed by atoms with van der Waals surface area (Å²) < 4.78 is 11.3. The second kappa shape index (κ2) is 6.45. The minimum Gasteiger partial charge on any atom is -0.496 e. The van der Waals surface area contributed by atoms with Gasteiger partial charge in [-0.25, -0.2) is 0 Å². The van der Waals surface area contributed by atoms with Gasteiger partial charge in [0, 0.05) is 18.0 Å². The van der Waals surface area contributed by atoms with E-state index in [4.69, 9.17) is 9.47 Å². The maximum Gasteiger partial charge on any atom is 0.122 e. The molecule has 0 spiro atoms. The van der Waals surface area contributed by atoms with Crippen molar-refractivity contribution in [2.24, 2.45) is 0 Å². The van der Waals surface area contributed by atoms with Crippen LogP contribution in [0.25, 0.3) is 0 Å². The van der Waals surface area contributed by atoms with Crippen LogP contribution in [0.5, 0.6) is 5.75 Å². The molecule has 1 heterocycles. The van der Waals surface area contributed by atoms with Gasteiger partial charge in [-0.15, -0.1) is 11.8 Å². The van der Waals surface area contributed by atoms with Crippen LogP contribution in [-0.2, 0) is 11.2 Å². The van der Waals surface area contributed by atoms with Crippen molar-refractivity contribution in [1.82, 2.24) is 5.32 Å². The molecule has 100 valence electrons. The molecule has 0 bridgehead atoms. The molecule has 0 radical (unpaired) electrons. The zero-order valence-corrected chi connectivity index (χ0v) is 12.1. The van der Waals surface area contributed by atoms with Gasteiger partial charge in [0.2, 0.25) is 0 Å². The van der Waals surface area contributed by atoms with Crippen molar-refractivity contribution in [3.05, 3.63) is 23.3 Å². The van der Waals surface area contributed by atoms with Crippen LogP contribution in [0.1, 0.15) is 24.2 Å². The third-order valence-electron chi connectivity index (χ3n) is 3.29. The summed E-state index contributed by atoms with van der Waals surface area (Å²) in [6.07, 6.45) is 3.24. The van der Waals surface area contributed by atoms with Crippen LogP contribution >= 0.6 is 11.8 Å². The molecule has 0 saturated carbocycles.